The van der Waals surface area contributed by atoms with Crippen LogP contribution in [0.25, 0.3) is 11.0 Å². The van der Waals surface area contributed by atoms with E-state index in [4.69, 9.17) is 9.52 Å². The molecule has 1 heterocycles. The number of furan rings is 1. The van der Waals surface area contributed by atoms with Crippen molar-refractivity contribution in [1.82, 2.24) is 0 Å². The quantitative estimate of drug-likeness (QED) is 0.860. The van der Waals surface area contributed by atoms with Crippen LogP contribution in [0.4, 0.5) is 0 Å². The molecule has 0 bridgehead atoms. The highest BCUT2D eigenvalue weighted by Gasteiger charge is 2.39. The first-order valence-electron chi connectivity index (χ1n) is 5.88. The van der Waals surface area contributed by atoms with Gasteiger partial charge in [-0.3, -0.25) is 4.79 Å². The van der Waals surface area contributed by atoms with Crippen molar-refractivity contribution in [3.63, 3.8) is 0 Å². The molecule has 3 rings (SSSR count). The van der Waals surface area contributed by atoms with Crippen molar-refractivity contribution in [2.75, 3.05) is 0 Å². The summed E-state index contributed by atoms with van der Waals surface area (Å²) < 4.78 is 5.74. The van der Waals surface area contributed by atoms with Crippen molar-refractivity contribution in [2.45, 2.75) is 25.7 Å². The van der Waals surface area contributed by atoms with E-state index in [1.54, 1.807) is 0 Å². The molecule has 1 N–H and O–H groups in total. The van der Waals surface area contributed by atoms with Crippen molar-refractivity contribution >= 4 is 16.9 Å². The van der Waals surface area contributed by atoms with Gasteiger partial charge in [-0.1, -0.05) is 11.6 Å². The number of carbonyl (C=O) groups is 1. The van der Waals surface area contributed by atoms with Gasteiger partial charge in [-0.05, 0) is 38.0 Å². The van der Waals surface area contributed by atoms with Crippen LogP contribution in [0.15, 0.2) is 28.7 Å². The Balaban J connectivity index is 1.98. The number of hydrogen-bond acceptors (Lipinski definition) is 2. The molecule has 3 nitrogen and oxygen atoms in total. The Hall–Kier alpha value is -1.77. The Bertz CT molecular complexity index is 582. The molecule has 17 heavy (non-hydrogen) atoms. The Morgan fingerprint density at radius 1 is 1.35 bits per heavy atom. The molecule has 3 heteroatoms. The van der Waals surface area contributed by atoms with Crippen LogP contribution in [-0.2, 0) is 4.79 Å². The summed E-state index contributed by atoms with van der Waals surface area (Å²) in [5, 5.41) is 10.1. The van der Waals surface area contributed by atoms with E-state index in [1.807, 2.05) is 25.1 Å². The topological polar surface area (TPSA) is 50.4 Å². The second kappa shape index (κ2) is 3.62. The third-order valence-electron chi connectivity index (χ3n) is 3.65. The minimum absolute atomic E-state index is 0.0557. The van der Waals surface area contributed by atoms with Gasteiger partial charge < -0.3 is 9.52 Å². The molecule has 0 aliphatic heterocycles. The van der Waals surface area contributed by atoms with Gasteiger partial charge in [0.1, 0.15) is 11.3 Å². The average Bonchev–Trinajstić information content (AvgIpc) is 2.56. The zero-order valence-corrected chi connectivity index (χ0v) is 9.64. The highest BCUT2D eigenvalue weighted by Crippen LogP contribution is 2.44. The van der Waals surface area contributed by atoms with Crippen molar-refractivity contribution in [3.05, 3.63) is 35.6 Å². The van der Waals surface area contributed by atoms with Crippen molar-refractivity contribution in [3.8, 4) is 0 Å². The van der Waals surface area contributed by atoms with Crippen molar-refractivity contribution < 1.29 is 14.3 Å². The van der Waals surface area contributed by atoms with E-state index in [0.29, 0.717) is 0 Å². The molecule has 1 aromatic carbocycles. The number of aryl methyl sites for hydroxylation is 1. The lowest BCUT2D eigenvalue weighted by Crippen LogP contribution is -2.30. The van der Waals surface area contributed by atoms with E-state index >= 15 is 0 Å². The molecule has 1 aromatic heterocycles. The molecule has 88 valence electrons. The number of hydrogen-bond donors (Lipinski definition) is 1. The van der Waals surface area contributed by atoms with Crippen LogP contribution in [-0.4, -0.2) is 11.1 Å². The summed E-state index contributed by atoms with van der Waals surface area (Å²) in [5.41, 5.74) is 2.04. The molecule has 1 aliphatic carbocycles. The molecule has 0 spiro atoms. The Morgan fingerprint density at radius 3 is 2.82 bits per heavy atom. The fourth-order valence-electron chi connectivity index (χ4n) is 2.50. The van der Waals surface area contributed by atoms with Gasteiger partial charge in [-0.25, -0.2) is 0 Å². The number of rotatable bonds is 2. The summed E-state index contributed by atoms with van der Waals surface area (Å²) in [6.07, 6.45) is 1.67. The zero-order chi connectivity index (χ0) is 12.0. The summed E-state index contributed by atoms with van der Waals surface area (Å²) in [6.45, 7) is 2.04. The van der Waals surface area contributed by atoms with Crippen LogP contribution in [0.2, 0.25) is 0 Å². The smallest absolute Gasteiger partial charge is 0.307 e. The van der Waals surface area contributed by atoms with Crippen LogP contribution in [0, 0.1) is 12.8 Å². The van der Waals surface area contributed by atoms with Gasteiger partial charge in [0.05, 0.1) is 5.92 Å². The van der Waals surface area contributed by atoms with Gasteiger partial charge in [0.15, 0.2) is 0 Å². The highest BCUT2D eigenvalue weighted by molar-refractivity contribution is 5.79. The van der Waals surface area contributed by atoms with Gasteiger partial charge in [-0.2, -0.15) is 0 Å². The third-order valence-corrected chi connectivity index (χ3v) is 3.65. The maximum absolute atomic E-state index is 11.0. The molecular formula is C14H14O3. The van der Waals surface area contributed by atoms with Crippen LogP contribution < -0.4 is 0 Å². The Morgan fingerprint density at radius 2 is 2.18 bits per heavy atom. The number of carboxylic acid groups (broad SMARTS) is 1. The highest BCUT2D eigenvalue weighted by atomic mass is 16.4. The lowest BCUT2D eigenvalue weighted by molar-refractivity contribution is -0.145. The molecule has 0 saturated heterocycles. The fraction of sp³-hybridized carbons (Fsp3) is 0.357. The largest absolute Gasteiger partial charge is 0.481 e. The standard InChI is InChI=1S/C14H14O3/c1-8-2-5-12-9(6-8)7-13(17-12)10-3-4-11(10)14(15)16/h2,5-7,10-11H,3-4H2,1H3,(H,15,16). The lowest BCUT2D eigenvalue weighted by Gasteiger charge is -2.31. The van der Waals surface area contributed by atoms with Gasteiger partial charge in [0.25, 0.3) is 0 Å². The molecule has 2 unspecified atom stereocenters. The first-order valence-corrected chi connectivity index (χ1v) is 5.88. The van der Waals surface area contributed by atoms with E-state index in [0.717, 1.165) is 29.6 Å². The fourth-order valence-corrected chi connectivity index (χ4v) is 2.50. The van der Waals surface area contributed by atoms with Crippen LogP contribution in [0.1, 0.15) is 30.1 Å². The van der Waals surface area contributed by atoms with Crippen molar-refractivity contribution in [1.29, 1.82) is 0 Å². The maximum atomic E-state index is 11.0. The first kappa shape index (κ1) is 10.4. The predicted octanol–water partition coefficient (Wildman–Crippen LogP) is 3.32. The monoisotopic (exact) mass is 230 g/mol. The van der Waals surface area contributed by atoms with E-state index in [2.05, 4.69) is 6.07 Å². The third kappa shape index (κ3) is 1.62. The van der Waals surface area contributed by atoms with Crippen LogP contribution >= 0.6 is 0 Å². The summed E-state index contributed by atoms with van der Waals surface area (Å²) in [5.74, 6) is -0.0981. The van der Waals surface area contributed by atoms with Crippen molar-refractivity contribution in [2.24, 2.45) is 5.92 Å². The summed E-state index contributed by atoms with van der Waals surface area (Å²) >= 11 is 0. The zero-order valence-electron chi connectivity index (χ0n) is 9.64. The summed E-state index contributed by atoms with van der Waals surface area (Å²) in [6, 6.07) is 8.01. The molecular weight excluding hydrogens is 216 g/mol. The Kier molecular flexibility index (Phi) is 2.21. The number of fused-ring (bicyclic) bond motifs is 1. The molecule has 1 saturated carbocycles. The minimum atomic E-state index is -0.710. The molecule has 0 amide bonds. The molecule has 1 aliphatic rings. The second-order valence-electron chi connectivity index (χ2n) is 4.82. The molecule has 2 atom stereocenters. The van der Waals surface area contributed by atoms with Gasteiger partial charge in [0, 0.05) is 11.3 Å². The predicted molar refractivity (Wildman–Crippen MR) is 64.1 cm³/mol. The molecule has 2 aromatic rings. The van der Waals surface area contributed by atoms with Gasteiger partial charge >= 0.3 is 5.97 Å². The van der Waals surface area contributed by atoms with E-state index < -0.39 is 5.97 Å². The number of carboxylic acids is 1. The van der Waals surface area contributed by atoms with Gasteiger partial charge in [-0.15, -0.1) is 0 Å². The number of benzene rings is 1. The summed E-state index contributed by atoms with van der Waals surface area (Å²) in [4.78, 5) is 11.0. The number of aliphatic carboxylic acids is 1. The second-order valence-corrected chi connectivity index (χ2v) is 4.82. The minimum Gasteiger partial charge on any atom is -0.481 e. The first-order chi connectivity index (χ1) is 8.15. The average molecular weight is 230 g/mol. The SMILES string of the molecule is Cc1ccc2oc(C3CCC3C(=O)O)cc2c1. The lowest BCUT2D eigenvalue weighted by atomic mass is 9.72. The molecule has 1 fully saturated rings. The normalized spacial score (nSPS) is 23.6. The Labute approximate surface area is 99.0 Å². The van der Waals surface area contributed by atoms with Gasteiger partial charge in [0.2, 0.25) is 0 Å². The van der Waals surface area contributed by atoms with E-state index in [-0.39, 0.29) is 11.8 Å². The van der Waals surface area contributed by atoms with Crippen LogP contribution in [0.5, 0.6) is 0 Å². The van der Waals surface area contributed by atoms with Crippen LogP contribution in [0.3, 0.4) is 0 Å². The summed E-state index contributed by atoms with van der Waals surface area (Å²) in [7, 11) is 0. The maximum Gasteiger partial charge on any atom is 0.307 e. The van der Waals surface area contributed by atoms with E-state index in [1.165, 1.54) is 5.56 Å². The molecule has 0 radical (unpaired) electrons. The van der Waals surface area contributed by atoms with E-state index in [9.17, 15) is 4.79 Å².